The van der Waals surface area contributed by atoms with Crippen molar-refractivity contribution in [1.82, 2.24) is 4.72 Å². The largest absolute Gasteiger partial charge is 0.293 e. The molecule has 5 heteroatoms. The topological polar surface area (TPSA) is 63.2 Å². The second-order valence-corrected chi connectivity index (χ2v) is 9.68. The van der Waals surface area contributed by atoms with Crippen LogP contribution in [0, 0.1) is 26.7 Å². The Bertz CT molecular complexity index is 953. The van der Waals surface area contributed by atoms with Crippen molar-refractivity contribution in [3.63, 3.8) is 0 Å². The van der Waals surface area contributed by atoms with Crippen LogP contribution in [0.4, 0.5) is 0 Å². The van der Waals surface area contributed by atoms with Crippen molar-refractivity contribution in [2.24, 2.45) is 5.92 Å². The first-order valence-corrected chi connectivity index (χ1v) is 11.4. The molecule has 0 spiro atoms. The Morgan fingerprint density at radius 1 is 1.03 bits per heavy atom. The first kappa shape index (κ1) is 23.0. The Morgan fingerprint density at radius 3 is 2.17 bits per heavy atom. The van der Waals surface area contributed by atoms with Crippen molar-refractivity contribution >= 4 is 15.8 Å². The fourth-order valence-corrected chi connectivity index (χ4v) is 5.12. The van der Waals surface area contributed by atoms with E-state index in [2.05, 4.69) is 18.6 Å². The first-order chi connectivity index (χ1) is 13.6. The molecule has 0 radical (unpaired) electrons. The van der Waals surface area contributed by atoms with E-state index in [1.54, 1.807) is 13.8 Å². The number of hydrogen-bond acceptors (Lipinski definition) is 3. The third kappa shape index (κ3) is 6.65. The van der Waals surface area contributed by atoms with Gasteiger partial charge >= 0.3 is 0 Å². The number of ketones is 1. The predicted molar refractivity (Wildman–Crippen MR) is 119 cm³/mol. The van der Waals surface area contributed by atoms with Crippen LogP contribution in [-0.2, 0) is 21.2 Å². The molecule has 1 N–H and O–H groups in total. The Morgan fingerprint density at radius 2 is 1.62 bits per heavy atom. The van der Waals surface area contributed by atoms with E-state index in [1.165, 1.54) is 6.08 Å². The maximum absolute atomic E-state index is 13.2. The number of benzene rings is 2. The van der Waals surface area contributed by atoms with Gasteiger partial charge < -0.3 is 0 Å². The number of carbonyl (C=O) groups is 1. The van der Waals surface area contributed by atoms with Gasteiger partial charge in [0.1, 0.15) is 0 Å². The van der Waals surface area contributed by atoms with Crippen LogP contribution >= 0.6 is 0 Å². The minimum atomic E-state index is -3.85. The average molecular weight is 414 g/mol. The monoisotopic (exact) mass is 413 g/mol. The average Bonchev–Trinajstić information content (AvgIpc) is 2.60. The summed E-state index contributed by atoms with van der Waals surface area (Å²) in [6, 6.07) is 12.3. The zero-order chi connectivity index (χ0) is 21.6. The van der Waals surface area contributed by atoms with Crippen molar-refractivity contribution in [2.45, 2.75) is 58.4 Å². The SMILES string of the molecule is Cc1cc(C)c(S(=O)(=O)N[C@H](Cc2ccccc2)C(=O)/C=C/CC(C)C)c(C)c1. The zero-order valence-electron chi connectivity index (χ0n) is 17.9. The maximum atomic E-state index is 13.2. The molecule has 0 saturated heterocycles. The lowest BCUT2D eigenvalue weighted by molar-refractivity contribution is -0.116. The fourth-order valence-electron chi connectivity index (χ4n) is 3.46. The lowest BCUT2D eigenvalue weighted by atomic mass is 10.0. The molecule has 0 bridgehead atoms. The number of rotatable bonds is 9. The molecule has 0 aromatic heterocycles. The maximum Gasteiger partial charge on any atom is 0.241 e. The number of carbonyl (C=O) groups excluding carboxylic acids is 1. The molecule has 2 aromatic rings. The Labute approximate surface area is 175 Å². The highest BCUT2D eigenvalue weighted by atomic mass is 32.2. The second kappa shape index (κ2) is 9.99. The Balaban J connectivity index is 2.35. The molecule has 1 atom stereocenters. The van der Waals surface area contributed by atoms with Crippen LogP contribution in [0.2, 0.25) is 0 Å². The molecule has 0 saturated carbocycles. The quantitative estimate of drug-likeness (QED) is 0.608. The molecule has 0 unspecified atom stereocenters. The standard InChI is InChI=1S/C24H31NO3S/c1-17(2)10-9-13-23(26)22(16-21-11-7-6-8-12-21)25-29(27,28)24-19(4)14-18(3)15-20(24)5/h6-9,11-15,17,22,25H,10,16H2,1-5H3/b13-9+/t22-/m1/s1. The highest BCUT2D eigenvalue weighted by molar-refractivity contribution is 7.89. The summed E-state index contributed by atoms with van der Waals surface area (Å²) in [6.45, 7) is 9.64. The number of allylic oxidation sites excluding steroid dienone is 1. The molecule has 0 fully saturated rings. The van der Waals surface area contributed by atoms with Gasteiger partial charge in [0.05, 0.1) is 10.9 Å². The van der Waals surface area contributed by atoms with Crippen LogP contribution in [0.5, 0.6) is 0 Å². The molecule has 0 aliphatic rings. The van der Waals surface area contributed by atoms with Crippen LogP contribution in [0.25, 0.3) is 0 Å². The van der Waals surface area contributed by atoms with Gasteiger partial charge in [-0.05, 0) is 62.3 Å². The summed E-state index contributed by atoms with van der Waals surface area (Å²) in [5, 5.41) is 0. The molecule has 2 rings (SSSR count). The van der Waals surface area contributed by atoms with Crippen molar-refractivity contribution < 1.29 is 13.2 Å². The van der Waals surface area contributed by atoms with E-state index in [4.69, 9.17) is 0 Å². The van der Waals surface area contributed by atoms with Gasteiger partial charge in [0, 0.05) is 0 Å². The van der Waals surface area contributed by atoms with E-state index in [0.717, 1.165) is 17.5 Å². The van der Waals surface area contributed by atoms with Gasteiger partial charge in [0.25, 0.3) is 0 Å². The smallest absolute Gasteiger partial charge is 0.241 e. The second-order valence-electron chi connectivity index (χ2n) is 8.03. The highest BCUT2D eigenvalue weighted by Crippen LogP contribution is 2.22. The van der Waals surface area contributed by atoms with Crippen molar-refractivity contribution in [1.29, 1.82) is 0 Å². The summed E-state index contributed by atoms with van der Waals surface area (Å²) < 4.78 is 29.0. The lowest BCUT2D eigenvalue weighted by Crippen LogP contribution is -2.42. The van der Waals surface area contributed by atoms with Crippen molar-refractivity contribution in [2.75, 3.05) is 0 Å². The van der Waals surface area contributed by atoms with Gasteiger partial charge in [-0.25, -0.2) is 8.42 Å². The molecular formula is C24H31NO3S. The van der Waals surface area contributed by atoms with E-state index in [9.17, 15) is 13.2 Å². The van der Waals surface area contributed by atoms with Gasteiger partial charge in [-0.1, -0.05) is 68.0 Å². The molecule has 0 aliphatic carbocycles. The van der Waals surface area contributed by atoms with Crippen molar-refractivity contribution in [3.8, 4) is 0 Å². The van der Waals surface area contributed by atoms with Crippen LogP contribution in [0.15, 0.2) is 59.5 Å². The number of hydrogen-bond donors (Lipinski definition) is 1. The minimum Gasteiger partial charge on any atom is -0.293 e. The number of nitrogens with one attached hydrogen (secondary N) is 1. The number of sulfonamides is 1. The van der Waals surface area contributed by atoms with Gasteiger partial charge in [-0.3, -0.25) is 4.79 Å². The van der Waals surface area contributed by atoms with Gasteiger partial charge in [-0.15, -0.1) is 0 Å². The lowest BCUT2D eigenvalue weighted by Gasteiger charge is -2.19. The molecule has 156 valence electrons. The van der Waals surface area contributed by atoms with Crippen LogP contribution in [-0.4, -0.2) is 20.2 Å². The first-order valence-electron chi connectivity index (χ1n) is 9.94. The number of aryl methyl sites for hydroxylation is 3. The van der Waals surface area contributed by atoms with E-state index in [-0.39, 0.29) is 10.7 Å². The Kier molecular flexibility index (Phi) is 7.94. The van der Waals surface area contributed by atoms with E-state index < -0.39 is 16.1 Å². The van der Waals surface area contributed by atoms with Crippen LogP contribution in [0.3, 0.4) is 0 Å². The highest BCUT2D eigenvalue weighted by Gasteiger charge is 2.27. The van der Waals surface area contributed by atoms with Gasteiger partial charge in [0.15, 0.2) is 5.78 Å². The summed E-state index contributed by atoms with van der Waals surface area (Å²) in [5.74, 6) is 0.196. The summed E-state index contributed by atoms with van der Waals surface area (Å²) >= 11 is 0. The van der Waals surface area contributed by atoms with Gasteiger partial charge in [0.2, 0.25) is 10.0 Å². The van der Waals surface area contributed by atoms with E-state index in [1.807, 2.05) is 55.5 Å². The predicted octanol–water partition coefficient (Wildman–Crippen LogP) is 4.67. The summed E-state index contributed by atoms with van der Waals surface area (Å²) in [4.78, 5) is 13.1. The fraction of sp³-hybridized carbons (Fsp3) is 0.375. The van der Waals surface area contributed by atoms with Crippen LogP contribution < -0.4 is 4.72 Å². The molecule has 0 aliphatic heterocycles. The molecule has 0 heterocycles. The molecule has 2 aromatic carbocycles. The van der Waals surface area contributed by atoms with E-state index >= 15 is 0 Å². The zero-order valence-corrected chi connectivity index (χ0v) is 18.7. The van der Waals surface area contributed by atoms with Gasteiger partial charge in [-0.2, -0.15) is 4.72 Å². The molecule has 0 amide bonds. The van der Waals surface area contributed by atoms with Crippen LogP contribution in [0.1, 0.15) is 42.5 Å². The minimum absolute atomic E-state index is 0.236. The third-order valence-corrected chi connectivity index (χ3v) is 6.46. The molecule has 29 heavy (non-hydrogen) atoms. The summed E-state index contributed by atoms with van der Waals surface area (Å²) in [6.07, 6.45) is 4.40. The summed E-state index contributed by atoms with van der Waals surface area (Å²) in [5.41, 5.74) is 3.27. The normalized spacial score (nSPS) is 13.2. The molecular weight excluding hydrogens is 382 g/mol. The summed E-state index contributed by atoms with van der Waals surface area (Å²) in [7, 11) is -3.85. The van der Waals surface area contributed by atoms with Crippen molar-refractivity contribution in [3.05, 3.63) is 76.9 Å². The van der Waals surface area contributed by atoms with E-state index in [0.29, 0.717) is 23.5 Å². The third-order valence-electron chi connectivity index (χ3n) is 4.69. The Hall–Kier alpha value is -2.24. The molecule has 4 nitrogen and oxygen atoms in total.